The number of hydrogen-bond donors (Lipinski definition) is 1. The molecule has 1 aromatic rings. The van der Waals surface area contributed by atoms with E-state index >= 15 is 0 Å². The number of carbonyl (C=O) groups is 1. The molecule has 1 N–H and O–H groups in total. The van der Waals surface area contributed by atoms with E-state index in [0.717, 1.165) is 29.7 Å². The number of carboxylic acid groups (broad SMARTS) is 1. The summed E-state index contributed by atoms with van der Waals surface area (Å²) in [6.45, 7) is 2.58. The fourth-order valence-corrected chi connectivity index (χ4v) is 1.66. The molecule has 4 nitrogen and oxygen atoms in total. The molecule has 0 bridgehead atoms. The number of hydrogen-bond acceptors (Lipinski definition) is 2. The van der Waals surface area contributed by atoms with Gasteiger partial charge in [0.2, 0.25) is 0 Å². The minimum absolute atomic E-state index is 0.505. The number of methoxy groups -OCH3 is 1. The van der Waals surface area contributed by atoms with Crippen molar-refractivity contribution in [2.45, 2.75) is 19.8 Å². The lowest BCUT2D eigenvalue weighted by atomic mass is 10.1. The molecule has 0 aliphatic carbocycles. The minimum Gasteiger partial charge on any atom is -0.496 e. The molecule has 0 spiro atoms. The Morgan fingerprint density at radius 2 is 2.18 bits per heavy atom. The number of likely N-dealkylation sites (N-methyl/N-ethyl adjacent to an activating group) is 1. The Bertz CT molecular complexity index is 390. The third-order valence-corrected chi connectivity index (χ3v) is 2.79. The molecule has 1 rings (SSSR count). The van der Waals surface area contributed by atoms with Gasteiger partial charge in [-0.1, -0.05) is 19.1 Å². The number of amides is 1. The predicted molar refractivity (Wildman–Crippen MR) is 66.7 cm³/mol. The van der Waals surface area contributed by atoms with Gasteiger partial charge < -0.3 is 14.7 Å². The van der Waals surface area contributed by atoms with E-state index in [1.165, 1.54) is 4.90 Å². The number of nitrogens with zero attached hydrogens (tertiary/aromatic N) is 1. The molecule has 0 unspecified atom stereocenters. The number of benzene rings is 1. The van der Waals surface area contributed by atoms with Crippen molar-refractivity contribution in [1.29, 1.82) is 0 Å². The van der Waals surface area contributed by atoms with Crippen LogP contribution in [0.15, 0.2) is 18.2 Å². The Labute approximate surface area is 102 Å². The van der Waals surface area contributed by atoms with Crippen molar-refractivity contribution in [3.63, 3.8) is 0 Å². The van der Waals surface area contributed by atoms with Gasteiger partial charge in [0.05, 0.1) is 7.11 Å². The molecule has 0 atom stereocenters. The van der Waals surface area contributed by atoms with Crippen molar-refractivity contribution in [1.82, 2.24) is 4.90 Å². The Kier molecular flexibility index (Phi) is 4.82. The van der Waals surface area contributed by atoms with Crippen molar-refractivity contribution < 1.29 is 14.6 Å². The van der Waals surface area contributed by atoms with Gasteiger partial charge in [-0.3, -0.25) is 0 Å². The summed E-state index contributed by atoms with van der Waals surface area (Å²) in [7, 11) is 3.24. The lowest BCUT2D eigenvalue weighted by Crippen LogP contribution is -2.26. The van der Waals surface area contributed by atoms with E-state index in [4.69, 9.17) is 9.84 Å². The number of rotatable bonds is 5. The van der Waals surface area contributed by atoms with Gasteiger partial charge in [0, 0.05) is 13.6 Å². The van der Waals surface area contributed by atoms with Gasteiger partial charge in [-0.25, -0.2) is 4.79 Å². The minimum atomic E-state index is -0.894. The summed E-state index contributed by atoms with van der Waals surface area (Å²) in [5.41, 5.74) is 2.29. The van der Waals surface area contributed by atoms with Crippen LogP contribution in [0.2, 0.25) is 0 Å². The average molecular weight is 237 g/mol. The van der Waals surface area contributed by atoms with Gasteiger partial charge >= 0.3 is 6.09 Å². The fraction of sp³-hybridized carbons (Fsp3) is 0.462. The first-order valence-electron chi connectivity index (χ1n) is 5.68. The first-order valence-corrected chi connectivity index (χ1v) is 5.68. The van der Waals surface area contributed by atoms with E-state index in [9.17, 15) is 4.79 Å². The molecule has 4 heteroatoms. The molecule has 0 saturated carbocycles. The normalized spacial score (nSPS) is 10.1. The van der Waals surface area contributed by atoms with Crippen molar-refractivity contribution in [3.8, 4) is 5.75 Å². The average Bonchev–Trinajstić information content (AvgIpc) is 2.35. The molecule has 1 amide bonds. The highest BCUT2D eigenvalue weighted by molar-refractivity contribution is 5.64. The van der Waals surface area contributed by atoms with Gasteiger partial charge in [0.25, 0.3) is 0 Å². The Morgan fingerprint density at radius 1 is 1.47 bits per heavy atom. The molecule has 0 heterocycles. The van der Waals surface area contributed by atoms with Crippen LogP contribution in [-0.4, -0.2) is 36.8 Å². The first kappa shape index (κ1) is 13.4. The van der Waals surface area contributed by atoms with Crippen LogP contribution in [0.5, 0.6) is 5.75 Å². The van der Waals surface area contributed by atoms with Gasteiger partial charge in [-0.15, -0.1) is 0 Å². The molecule has 94 valence electrons. The Hall–Kier alpha value is -1.71. The molecule has 0 aliphatic heterocycles. The highest BCUT2D eigenvalue weighted by Gasteiger charge is 2.07. The van der Waals surface area contributed by atoms with E-state index in [2.05, 4.69) is 13.0 Å². The van der Waals surface area contributed by atoms with E-state index in [0.29, 0.717) is 6.54 Å². The second-order valence-corrected chi connectivity index (χ2v) is 3.95. The topological polar surface area (TPSA) is 49.8 Å². The van der Waals surface area contributed by atoms with Crippen LogP contribution in [-0.2, 0) is 12.8 Å². The van der Waals surface area contributed by atoms with Crippen LogP contribution >= 0.6 is 0 Å². The molecule has 0 saturated heterocycles. The van der Waals surface area contributed by atoms with Gasteiger partial charge in [0.15, 0.2) is 0 Å². The molecule has 0 aliphatic rings. The van der Waals surface area contributed by atoms with Gasteiger partial charge in [-0.2, -0.15) is 0 Å². The van der Waals surface area contributed by atoms with E-state index < -0.39 is 6.09 Å². The quantitative estimate of drug-likeness (QED) is 0.855. The predicted octanol–water partition coefficient (Wildman–Crippen LogP) is 2.41. The third kappa shape index (κ3) is 3.66. The molecule has 1 aromatic carbocycles. The molecular weight excluding hydrogens is 218 g/mol. The summed E-state index contributed by atoms with van der Waals surface area (Å²) < 4.78 is 5.25. The standard InChI is InChI=1S/C13H19NO3/c1-4-11-9-10(5-6-12(11)17-3)7-8-14(2)13(15)16/h5-6,9H,4,7-8H2,1-3H3,(H,15,16). The SMILES string of the molecule is CCc1cc(CCN(C)C(=O)O)ccc1OC. The molecular formula is C13H19NO3. The zero-order chi connectivity index (χ0) is 12.8. The third-order valence-electron chi connectivity index (χ3n) is 2.79. The fourth-order valence-electron chi connectivity index (χ4n) is 1.66. The van der Waals surface area contributed by atoms with Crippen LogP contribution < -0.4 is 4.74 Å². The highest BCUT2D eigenvalue weighted by Crippen LogP contribution is 2.20. The molecule has 17 heavy (non-hydrogen) atoms. The van der Waals surface area contributed by atoms with Crippen LogP contribution in [0.4, 0.5) is 4.79 Å². The summed E-state index contributed by atoms with van der Waals surface area (Å²) in [6, 6.07) is 6.00. The highest BCUT2D eigenvalue weighted by atomic mass is 16.5. The smallest absolute Gasteiger partial charge is 0.407 e. The van der Waals surface area contributed by atoms with Crippen molar-refractivity contribution in [3.05, 3.63) is 29.3 Å². The van der Waals surface area contributed by atoms with Crippen LogP contribution in [0, 0.1) is 0 Å². The van der Waals surface area contributed by atoms with Crippen molar-refractivity contribution in [2.24, 2.45) is 0 Å². The summed E-state index contributed by atoms with van der Waals surface area (Å²) in [5.74, 6) is 0.892. The van der Waals surface area contributed by atoms with Crippen molar-refractivity contribution in [2.75, 3.05) is 20.7 Å². The summed E-state index contributed by atoms with van der Waals surface area (Å²) >= 11 is 0. The van der Waals surface area contributed by atoms with Crippen LogP contribution in [0.25, 0.3) is 0 Å². The lowest BCUT2D eigenvalue weighted by molar-refractivity contribution is 0.156. The van der Waals surface area contributed by atoms with E-state index in [1.54, 1.807) is 14.2 Å². The van der Waals surface area contributed by atoms with Gasteiger partial charge in [0.1, 0.15) is 5.75 Å². The second kappa shape index (κ2) is 6.13. The molecule has 0 fully saturated rings. The molecule has 0 radical (unpaired) electrons. The molecule has 0 aromatic heterocycles. The second-order valence-electron chi connectivity index (χ2n) is 3.95. The maximum Gasteiger partial charge on any atom is 0.407 e. The van der Waals surface area contributed by atoms with Gasteiger partial charge in [-0.05, 0) is 30.0 Å². The monoisotopic (exact) mass is 237 g/mol. The van der Waals surface area contributed by atoms with E-state index in [1.807, 2.05) is 12.1 Å². The summed E-state index contributed by atoms with van der Waals surface area (Å²) in [6.07, 6.45) is 0.736. The van der Waals surface area contributed by atoms with E-state index in [-0.39, 0.29) is 0 Å². The zero-order valence-electron chi connectivity index (χ0n) is 10.6. The number of ether oxygens (including phenoxy) is 1. The lowest BCUT2D eigenvalue weighted by Gasteiger charge is -2.14. The Balaban J connectivity index is 2.69. The van der Waals surface area contributed by atoms with Crippen molar-refractivity contribution >= 4 is 6.09 Å². The Morgan fingerprint density at radius 3 is 2.71 bits per heavy atom. The largest absolute Gasteiger partial charge is 0.496 e. The zero-order valence-corrected chi connectivity index (χ0v) is 10.6. The maximum absolute atomic E-state index is 10.7. The van der Waals surface area contributed by atoms with Crippen LogP contribution in [0.3, 0.4) is 0 Å². The summed E-state index contributed by atoms with van der Waals surface area (Å²) in [5, 5.41) is 8.75. The first-order chi connectivity index (χ1) is 8.08. The summed E-state index contributed by atoms with van der Waals surface area (Å²) in [4.78, 5) is 11.9. The van der Waals surface area contributed by atoms with Crippen LogP contribution in [0.1, 0.15) is 18.1 Å². The maximum atomic E-state index is 10.7. The number of aryl methyl sites for hydroxylation is 1.